The number of carbonyl (C=O) groups excluding carboxylic acids is 1. The van der Waals surface area contributed by atoms with Crippen LogP contribution in [-0.2, 0) is 4.74 Å². The van der Waals surface area contributed by atoms with Gasteiger partial charge in [0.15, 0.2) is 11.5 Å². The van der Waals surface area contributed by atoms with Gasteiger partial charge in [0.2, 0.25) is 0 Å². The fourth-order valence-corrected chi connectivity index (χ4v) is 2.75. The molecule has 144 valence electrons. The van der Waals surface area contributed by atoms with Crippen molar-refractivity contribution in [2.45, 2.75) is 6.92 Å². The number of ether oxygens (including phenoxy) is 2. The maximum atomic E-state index is 12.2. The van der Waals surface area contributed by atoms with E-state index in [0.717, 1.165) is 44.3 Å². The number of hydrogen-bond donors (Lipinski definition) is 2. The van der Waals surface area contributed by atoms with Gasteiger partial charge < -0.3 is 20.1 Å². The lowest BCUT2D eigenvalue weighted by molar-refractivity contribution is 0.0383. The second kappa shape index (κ2) is 9.84. The van der Waals surface area contributed by atoms with Crippen LogP contribution in [0.5, 0.6) is 5.75 Å². The highest BCUT2D eigenvalue weighted by Gasteiger charge is 2.12. The predicted molar refractivity (Wildman–Crippen MR) is 103 cm³/mol. The Bertz CT molecular complexity index is 732. The molecule has 0 atom stereocenters. The summed E-state index contributed by atoms with van der Waals surface area (Å²) < 4.78 is 10.9. The van der Waals surface area contributed by atoms with Crippen LogP contribution in [0.25, 0.3) is 0 Å². The molecule has 1 aromatic heterocycles. The summed E-state index contributed by atoms with van der Waals surface area (Å²) in [5.41, 5.74) is 1.09. The first-order valence-electron chi connectivity index (χ1n) is 9.17. The Morgan fingerprint density at radius 3 is 2.74 bits per heavy atom. The zero-order chi connectivity index (χ0) is 18.9. The van der Waals surface area contributed by atoms with Gasteiger partial charge in [-0.15, -0.1) is 10.2 Å². The molecule has 1 amide bonds. The van der Waals surface area contributed by atoms with E-state index in [4.69, 9.17) is 9.47 Å². The van der Waals surface area contributed by atoms with Crippen LogP contribution in [0.2, 0.25) is 0 Å². The molecular weight excluding hydrogens is 346 g/mol. The van der Waals surface area contributed by atoms with Crippen LogP contribution in [0, 0.1) is 0 Å². The van der Waals surface area contributed by atoms with E-state index in [2.05, 4.69) is 25.7 Å². The summed E-state index contributed by atoms with van der Waals surface area (Å²) in [7, 11) is 0. The van der Waals surface area contributed by atoms with Gasteiger partial charge >= 0.3 is 0 Å². The van der Waals surface area contributed by atoms with E-state index in [1.807, 2.05) is 31.2 Å². The van der Waals surface area contributed by atoms with E-state index in [-0.39, 0.29) is 5.91 Å². The van der Waals surface area contributed by atoms with Crippen LogP contribution >= 0.6 is 0 Å². The van der Waals surface area contributed by atoms with Crippen molar-refractivity contribution in [2.75, 3.05) is 51.3 Å². The number of nitrogens with zero attached hydrogens (tertiary/aromatic N) is 3. The second-order valence-electron chi connectivity index (χ2n) is 6.07. The van der Waals surface area contributed by atoms with Gasteiger partial charge in [-0.1, -0.05) is 12.1 Å². The Balaban J connectivity index is 1.51. The first kappa shape index (κ1) is 19.1. The molecule has 27 heavy (non-hydrogen) atoms. The molecule has 1 aliphatic rings. The van der Waals surface area contributed by atoms with Crippen LogP contribution in [0.15, 0.2) is 36.4 Å². The third-order valence-corrected chi connectivity index (χ3v) is 4.16. The Morgan fingerprint density at radius 2 is 2.00 bits per heavy atom. The van der Waals surface area contributed by atoms with Gasteiger partial charge in [-0.3, -0.25) is 9.69 Å². The van der Waals surface area contributed by atoms with Crippen LogP contribution in [0.4, 0.5) is 11.5 Å². The Hall–Kier alpha value is -2.71. The monoisotopic (exact) mass is 371 g/mol. The molecule has 0 radical (unpaired) electrons. The third kappa shape index (κ3) is 5.63. The van der Waals surface area contributed by atoms with Crippen LogP contribution in [0.3, 0.4) is 0 Å². The summed E-state index contributed by atoms with van der Waals surface area (Å²) in [5, 5.41) is 14.1. The molecule has 0 aliphatic carbocycles. The van der Waals surface area contributed by atoms with Crippen molar-refractivity contribution in [1.29, 1.82) is 0 Å². The number of aromatic nitrogens is 2. The van der Waals surface area contributed by atoms with E-state index in [1.165, 1.54) is 0 Å². The standard InChI is InChI=1S/C19H25N5O3/c1-2-27-17-6-4-3-5-15(17)21-18-8-7-16(22-23-18)19(25)20-9-10-24-11-13-26-14-12-24/h3-8H,2,9-14H2,1H3,(H,20,25)(H,21,23). The normalized spacial score (nSPS) is 14.6. The van der Waals surface area contributed by atoms with Crippen molar-refractivity contribution in [2.24, 2.45) is 0 Å². The minimum absolute atomic E-state index is 0.225. The zero-order valence-electron chi connectivity index (χ0n) is 15.5. The molecule has 0 saturated carbocycles. The molecule has 2 N–H and O–H groups in total. The minimum atomic E-state index is -0.225. The van der Waals surface area contributed by atoms with Crippen molar-refractivity contribution in [1.82, 2.24) is 20.4 Å². The van der Waals surface area contributed by atoms with E-state index < -0.39 is 0 Å². The summed E-state index contributed by atoms with van der Waals surface area (Å²) in [5.74, 6) is 1.07. The number of nitrogens with one attached hydrogen (secondary N) is 2. The number of para-hydroxylation sites is 2. The molecule has 3 rings (SSSR count). The van der Waals surface area contributed by atoms with Crippen molar-refractivity contribution >= 4 is 17.4 Å². The number of rotatable bonds is 8. The van der Waals surface area contributed by atoms with E-state index in [0.29, 0.717) is 24.7 Å². The molecule has 0 unspecified atom stereocenters. The summed E-state index contributed by atoms with van der Waals surface area (Å²) >= 11 is 0. The lowest BCUT2D eigenvalue weighted by Gasteiger charge is -2.26. The van der Waals surface area contributed by atoms with Gasteiger partial charge in [0, 0.05) is 26.2 Å². The van der Waals surface area contributed by atoms with Crippen LogP contribution in [0.1, 0.15) is 17.4 Å². The average Bonchev–Trinajstić information content (AvgIpc) is 2.71. The van der Waals surface area contributed by atoms with E-state index in [1.54, 1.807) is 12.1 Å². The first-order valence-corrected chi connectivity index (χ1v) is 9.17. The summed E-state index contributed by atoms with van der Waals surface area (Å²) in [6, 6.07) is 11.0. The largest absolute Gasteiger partial charge is 0.492 e. The van der Waals surface area contributed by atoms with E-state index >= 15 is 0 Å². The summed E-state index contributed by atoms with van der Waals surface area (Å²) in [6.07, 6.45) is 0. The van der Waals surface area contributed by atoms with Crippen molar-refractivity contribution in [3.8, 4) is 5.75 Å². The van der Waals surface area contributed by atoms with Gasteiger partial charge in [-0.25, -0.2) is 0 Å². The Labute approximate surface area is 158 Å². The summed E-state index contributed by atoms with van der Waals surface area (Å²) in [6.45, 7) is 7.19. The fourth-order valence-electron chi connectivity index (χ4n) is 2.75. The first-order chi connectivity index (χ1) is 13.3. The molecule has 8 nitrogen and oxygen atoms in total. The number of morpholine rings is 1. The van der Waals surface area contributed by atoms with Crippen LogP contribution in [-0.4, -0.2) is 67.0 Å². The number of carbonyl (C=O) groups is 1. The molecule has 2 aromatic rings. The van der Waals surface area contributed by atoms with Crippen molar-refractivity contribution in [3.63, 3.8) is 0 Å². The lowest BCUT2D eigenvalue weighted by atomic mass is 10.3. The summed E-state index contributed by atoms with van der Waals surface area (Å²) in [4.78, 5) is 14.5. The predicted octanol–water partition coefficient (Wildman–Crippen LogP) is 1.68. The quantitative estimate of drug-likeness (QED) is 0.730. The lowest BCUT2D eigenvalue weighted by Crippen LogP contribution is -2.41. The van der Waals surface area contributed by atoms with Gasteiger partial charge in [0.05, 0.1) is 25.5 Å². The highest BCUT2D eigenvalue weighted by Crippen LogP contribution is 2.26. The molecular formula is C19H25N5O3. The smallest absolute Gasteiger partial charge is 0.271 e. The third-order valence-electron chi connectivity index (χ3n) is 4.16. The molecule has 1 aliphatic heterocycles. The maximum Gasteiger partial charge on any atom is 0.271 e. The highest BCUT2D eigenvalue weighted by molar-refractivity contribution is 5.92. The van der Waals surface area contributed by atoms with Crippen molar-refractivity contribution in [3.05, 3.63) is 42.1 Å². The molecule has 1 fully saturated rings. The molecule has 1 saturated heterocycles. The van der Waals surface area contributed by atoms with Gasteiger partial charge in [-0.05, 0) is 31.2 Å². The van der Waals surface area contributed by atoms with E-state index in [9.17, 15) is 4.79 Å². The molecule has 0 spiro atoms. The average molecular weight is 371 g/mol. The second-order valence-corrected chi connectivity index (χ2v) is 6.07. The topological polar surface area (TPSA) is 88.6 Å². The van der Waals surface area contributed by atoms with Gasteiger partial charge in [0.25, 0.3) is 5.91 Å². The number of hydrogen-bond acceptors (Lipinski definition) is 7. The molecule has 2 heterocycles. The zero-order valence-corrected chi connectivity index (χ0v) is 15.5. The molecule has 1 aromatic carbocycles. The van der Waals surface area contributed by atoms with Gasteiger partial charge in [-0.2, -0.15) is 0 Å². The minimum Gasteiger partial charge on any atom is -0.492 e. The maximum absolute atomic E-state index is 12.2. The van der Waals surface area contributed by atoms with Crippen LogP contribution < -0.4 is 15.4 Å². The number of benzene rings is 1. The Kier molecular flexibility index (Phi) is 6.95. The fraction of sp³-hybridized carbons (Fsp3) is 0.421. The SMILES string of the molecule is CCOc1ccccc1Nc1ccc(C(=O)NCCN2CCOCC2)nn1. The molecule has 8 heteroatoms. The molecule has 0 bridgehead atoms. The number of anilines is 2. The number of amides is 1. The van der Waals surface area contributed by atoms with Crippen molar-refractivity contribution < 1.29 is 14.3 Å². The van der Waals surface area contributed by atoms with Gasteiger partial charge in [0.1, 0.15) is 5.75 Å². The Morgan fingerprint density at radius 1 is 1.19 bits per heavy atom. The highest BCUT2D eigenvalue weighted by atomic mass is 16.5.